The highest BCUT2D eigenvalue weighted by Crippen LogP contribution is 2.38. The number of aromatic nitrogens is 4. The van der Waals surface area contributed by atoms with Crippen LogP contribution in [-0.2, 0) is 10.8 Å². The van der Waals surface area contributed by atoms with Crippen molar-refractivity contribution in [1.82, 2.24) is 14.1 Å². The Labute approximate surface area is 505 Å². The molecule has 10 aromatic carbocycles. The minimum absolute atomic E-state index is 0.0216. The van der Waals surface area contributed by atoms with E-state index in [1.54, 1.807) is 57.3 Å². The molecule has 0 bridgehead atoms. The number of para-hydroxylation sites is 1. The van der Waals surface area contributed by atoms with Gasteiger partial charge < -0.3 is 4.74 Å². The Balaban J connectivity index is 1.24. The third kappa shape index (κ3) is 8.92. The molecule has 0 aliphatic rings. The maximum atomic E-state index is 10.1. The second kappa shape index (κ2) is 20.1. The van der Waals surface area contributed by atoms with Gasteiger partial charge in [0.25, 0.3) is 6.33 Å². The highest BCUT2D eigenvalue weighted by Gasteiger charge is 2.44. The van der Waals surface area contributed by atoms with Crippen molar-refractivity contribution < 1.29 is 43.6 Å². The van der Waals surface area contributed by atoms with Crippen LogP contribution in [0.4, 0.5) is 0 Å². The molecule has 388 valence electrons. The Hall–Kier alpha value is -9.36. The van der Waals surface area contributed by atoms with E-state index in [0.717, 1.165) is 27.4 Å². The second-order valence-corrected chi connectivity index (χ2v) is 24.7. The highest BCUT2D eigenvalue weighted by molar-refractivity contribution is 7.20. The van der Waals surface area contributed by atoms with Crippen LogP contribution in [0.3, 0.4) is 0 Å². The average Bonchev–Trinajstić information content (AvgIpc) is 1.58. The van der Waals surface area contributed by atoms with Crippen LogP contribution < -0.4 is 30.1 Å². The zero-order valence-corrected chi connectivity index (χ0v) is 45.2. The fourth-order valence-electron chi connectivity index (χ4n) is 10.4. The lowest BCUT2D eigenvalue weighted by molar-refractivity contribution is -0.570. The van der Waals surface area contributed by atoms with Gasteiger partial charge in [0.1, 0.15) is 17.3 Å². The van der Waals surface area contributed by atoms with Gasteiger partial charge in [-0.1, -0.05) is 241 Å². The Morgan fingerprint density at radius 3 is 1.71 bits per heavy atom. The first-order chi connectivity index (χ1) is 49.3. The van der Waals surface area contributed by atoms with Crippen LogP contribution in [0.15, 0.2) is 266 Å². The zero-order valence-electron chi connectivity index (χ0n) is 69.2. The minimum Gasteiger partial charge on any atom is -0.458 e. The fraction of sp³-hybridized carbons (Fsp3) is 0.108. The number of ether oxygens (including phenoxy) is 1. The van der Waals surface area contributed by atoms with Crippen molar-refractivity contribution >= 4 is 61.7 Å². The van der Waals surface area contributed by atoms with Gasteiger partial charge in [0.2, 0.25) is 0 Å². The SMILES string of the molecule is [2H]c1c([2H])c([2H])c(-c2ccc3c(c2)n(-c2cccc(Oc4ccc5c6ccccc6n(-c6cc(C(C)(C)C)ccn6)c5c4)c2)[c-][n+]3-c2c(-c3c([2H])c([2H])c([2H])c([2H])c3[2H])cc(C(C)(C)C)cc2[Si](c2c([2H])c([2H])c([2H])c([2H])c2[2H])(c2c([2H])c([2H])c([2H])c([2H])c2[2H])c2c([2H])c([2H])c([2H])c([2H])c2[2H])c([2H])c1[2H]. The molecule has 0 atom stereocenters. The first kappa shape index (κ1) is 29.6. The van der Waals surface area contributed by atoms with Gasteiger partial charge in [0.15, 0.2) is 8.07 Å². The summed E-state index contributed by atoms with van der Waals surface area (Å²) in [5.74, 6) is 1.22. The van der Waals surface area contributed by atoms with Gasteiger partial charge >= 0.3 is 0 Å². The van der Waals surface area contributed by atoms with E-state index in [9.17, 15) is 24.7 Å². The Kier molecular flexibility index (Phi) is 7.44. The number of imidazole rings is 1. The predicted octanol–water partition coefficient (Wildman–Crippen LogP) is 15.3. The van der Waals surface area contributed by atoms with Gasteiger partial charge in [0.05, 0.1) is 67.7 Å². The minimum atomic E-state index is -6.31. The number of benzene rings is 10. The zero-order chi connectivity index (χ0) is 76.3. The maximum Gasteiger partial charge on any atom is 0.269 e. The number of nitrogens with zero attached hydrogens (tertiary/aromatic N) is 4. The first-order valence-corrected chi connectivity index (χ1v) is 27.6. The summed E-state index contributed by atoms with van der Waals surface area (Å²) in [5, 5.41) is -1.34. The molecule has 0 fully saturated rings. The summed E-state index contributed by atoms with van der Waals surface area (Å²) in [6.07, 6.45) is 5.14. The lowest BCUT2D eigenvalue weighted by atomic mass is 9.85. The smallest absolute Gasteiger partial charge is 0.269 e. The van der Waals surface area contributed by atoms with Crippen molar-refractivity contribution in [2.75, 3.05) is 0 Å². The lowest BCUT2D eigenvalue weighted by Crippen LogP contribution is -2.76. The summed E-state index contributed by atoms with van der Waals surface area (Å²) in [4.78, 5) is 4.84. The number of pyridine rings is 1. The number of hydrogen-bond acceptors (Lipinski definition) is 2. The van der Waals surface area contributed by atoms with Gasteiger partial charge in [-0.25, -0.2) is 4.98 Å². The number of rotatable bonds is 11. The molecule has 80 heavy (non-hydrogen) atoms. The van der Waals surface area contributed by atoms with Crippen molar-refractivity contribution in [2.45, 2.75) is 52.4 Å². The molecule has 0 radical (unpaired) electrons. The summed E-state index contributed by atoms with van der Waals surface area (Å²) in [6, 6.07) is 7.63. The lowest BCUT2D eigenvalue weighted by Gasteiger charge is -2.38. The molecule has 0 spiro atoms. The summed E-state index contributed by atoms with van der Waals surface area (Å²) in [5.41, 5.74) is -0.119. The fourth-order valence-corrected chi connectivity index (χ4v) is 14.4. The van der Waals surface area contributed by atoms with Crippen molar-refractivity contribution in [3.8, 4) is 50.9 Å². The maximum absolute atomic E-state index is 10.1. The van der Waals surface area contributed by atoms with Crippen LogP contribution >= 0.6 is 0 Å². The largest absolute Gasteiger partial charge is 0.458 e. The molecular formula is C74H62N4OSi. The molecule has 0 unspecified atom stereocenters. The summed E-state index contributed by atoms with van der Waals surface area (Å²) >= 11 is 0. The van der Waals surface area contributed by atoms with E-state index in [0.29, 0.717) is 11.6 Å². The van der Waals surface area contributed by atoms with Gasteiger partial charge in [-0.2, -0.15) is 0 Å². The standard InChI is InChI=1S/C74H62N4OSi/c1-73(2,3)55-43-44-75-71(48-55)78-66-38-23-22-37-63(66)64-41-40-59(50-68(64)78)79-58-30-24-29-57(49-58)76-51-77(67-42-39-54(45-69(67)76)52-25-12-7-13-26-52)72-65(53-27-14-8-15-28-53)46-56(74(4,5)6)47-70(72)80(60-31-16-9-17-32-60,61-33-18-10-19-34-61)62-35-20-11-21-36-62/h7-50H,1-6H3/i7D,8D,9D,10D,11D,12D,13D,14D,15D,16D,17D,18D,19D,20D,21D,25D,26D,27D,28D,31D,32D,33D,34D,35D,36D. The molecule has 0 amide bonds. The topological polar surface area (TPSA) is 35.9 Å². The van der Waals surface area contributed by atoms with E-state index in [-0.39, 0.29) is 50.1 Å². The van der Waals surface area contributed by atoms with E-state index in [1.165, 1.54) is 39.5 Å². The van der Waals surface area contributed by atoms with E-state index in [4.69, 9.17) is 19.3 Å². The van der Waals surface area contributed by atoms with Gasteiger partial charge in [-0.3, -0.25) is 13.7 Å². The van der Waals surface area contributed by atoms with E-state index in [2.05, 4.69) is 27.1 Å². The Morgan fingerprint density at radius 2 is 1.07 bits per heavy atom. The van der Waals surface area contributed by atoms with Crippen LogP contribution in [0.1, 0.15) is 86.9 Å². The molecule has 0 N–H and O–H groups in total. The van der Waals surface area contributed by atoms with E-state index < -0.39 is 197 Å². The van der Waals surface area contributed by atoms with Crippen LogP contribution in [0, 0.1) is 6.33 Å². The van der Waals surface area contributed by atoms with E-state index in [1.807, 2.05) is 53.1 Å². The molecule has 0 aliphatic carbocycles. The second-order valence-electron chi connectivity index (χ2n) is 21.2. The van der Waals surface area contributed by atoms with Gasteiger partial charge in [-0.05, 0) is 120 Å². The summed E-state index contributed by atoms with van der Waals surface area (Å²) < 4.78 is 247. The van der Waals surface area contributed by atoms with Crippen molar-refractivity contribution in [3.05, 3.63) is 284 Å². The molecule has 6 heteroatoms. The predicted molar refractivity (Wildman–Crippen MR) is 334 cm³/mol. The van der Waals surface area contributed by atoms with Crippen LogP contribution in [0.2, 0.25) is 0 Å². The Morgan fingerprint density at radius 1 is 0.487 bits per heavy atom. The van der Waals surface area contributed by atoms with Gasteiger partial charge in [0, 0.05) is 23.0 Å². The monoisotopic (exact) mass is 1080 g/mol. The van der Waals surface area contributed by atoms with Crippen LogP contribution in [0.5, 0.6) is 11.5 Å². The molecule has 0 saturated heterocycles. The molecular weight excluding hydrogens is 989 g/mol. The molecule has 0 saturated carbocycles. The summed E-state index contributed by atoms with van der Waals surface area (Å²) in [7, 11) is -6.31. The quantitative estimate of drug-likeness (QED) is 0.0560. The highest BCUT2D eigenvalue weighted by atomic mass is 28.3. The molecule has 0 aliphatic heterocycles. The van der Waals surface area contributed by atoms with Gasteiger partial charge in [-0.15, -0.1) is 0 Å². The number of hydrogen-bond donors (Lipinski definition) is 0. The third-order valence-corrected chi connectivity index (χ3v) is 18.4. The molecule has 3 heterocycles. The first-order valence-electron chi connectivity index (χ1n) is 38.1. The molecule has 13 aromatic rings. The number of fused-ring (bicyclic) bond motifs is 4. The Bertz CT molecular complexity index is 5650. The normalized spacial score (nSPS) is 16.5. The van der Waals surface area contributed by atoms with Crippen molar-refractivity contribution in [2.24, 2.45) is 0 Å². The van der Waals surface area contributed by atoms with Crippen molar-refractivity contribution in [1.29, 1.82) is 0 Å². The van der Waals surface area contributed by atoms with Crippen LogP contribution in [0.25, 0.3) is 72.3 Å². The average molecular weight is 1080 g/mol. The van der Waals surface area contributed by atoms with Crippen LogP contribution in [-0.4, -0.2) is 22.2 Å². The summed E-state index contributed by atoms with van der Waals surface area (Å²) in [6.45, 7) is 11.4. The van der Waals surface area contributed by atoms with Crippen molar-refractivity contribution in [3.63, 3.8) is 0 Å². The molecule has 3 aromatic heterocycles. The molecule has 13 rings (SSSR count). The molecule has 5 nitrogen and oxygen atoms in total. The third-order valence-electron chi connectivity index (χ3n) is 14.2. The van der Waals surface area contributed by atoms with E-state index >= 15 is 0 Å².